The minimum absolute atomic E-state index is 0.0426. The first kappa shape index (κ1) is 22.3. The minimum atomic E-state index is -3.64. The summed E-state index contributed by atoms with van der Waals surface area (Å²) in [4.78, 5) is 37.2. The van der Waals surface area contributed by atoms with E-state index in [0.29, 0.717) is 51.9 Å². The van der Waals surface area contributed by atoms with E-state index in [0.717, 1.165) is 4.57 Å². The lowest BCUT2D eigenvalue weighted by Gasteiger charge is -2.29. The number of aryl methyl sites for hydroxylation is 1. The Kier molecular flexibility index (Phi) is 7.55. The predicted octanol–water partition coefficient (Wildman–Crippen LogP) is -0.525. The molecule has 1 fully saturated rings. The van der Waals surface area contributed by atoms with Crippen LogP contribution in [-0.4, -0.2) is 47.4 Å². The van der Waals surface area contributed by atoms with Gasteiger partial charge in [-0.05, 0) is 38.5 Å². The van der Waals surface area contributed by atoms with Crippen molar-refractivity contribution in [1.82, 2.24) is 18.8 Å². The Balaban J connectivity index is 1.98. The lowest BCUT2D eigenvalue weighted by Crippen LogP contribution is -2.44. The van der Waals surface area contributed by atoms with Gasteiger partial charge in [0, 0.05) is 38.9 Å². The first-order valence-corrected chi connectivity index (χ1v) is 11.1. The molecule has 3 N–H and O–H groups in total. The SMILES string of the molecule is CCCn1cc(C(=O)NCCC2CCN(S(N)(=O)=O)CC2)c(=O)n(CC)c1=O. The van der Waals surface area contributed by atoms with Crippen molar-refractivity contribution in [1.29, 1.82) is 0 Å². The number of hydrogen-bond donors (Lipinski definition) is 2. The number of piperidine rings is 1. The summed E-state index contributed by atoms with van der Waals surface area (Å²) in [6.45, 7) is 5.36. The number of amides is 1. The van der Waals surface area contributed by atoms with E-state index in [1.165, 1.54) is 15.1 Å². The molecule has 1 aliphatic heterocycles. The minimum Gasteiger partial charge on any atom is -0.352 e. The highest BCUT2D eigenvalue weighted by Gasteiger charge is 2.25. The van der Waals surface area contributed by atoms with Gasteiger partial charge in [-0.2, -0.15) is 12.7 Å². The Bertz CT molecular complexity index is 913. The number of hydrogen-bond acceptors (Lipinski definition) is 5. The van der Waals surface area contributed by atoms with Crippen LogP contribution in [0.15, 0.2) is 15.8 Å². The lowest BCUT2D eigenvalue weighted by molar-refractivity contribution is 0.0946. The summed E-state index contributed by atoms with van der Waals surface area (Å²) in [5.74, 6) is -0.223. The molecule has 1 saturated heterocycles. The fourth-order valence-electron chi connectivity index (χ4n) is 3.43. The summed E-state index contributed by atoms with van der Waals surface area (Å²) in [6.07, 6.45) is 4.08. The van der Waals surface area contributed by atoms with Gasteiger partial charge in [-0.3, -0.25) is 18.7 Å². The van der Waals surface area contributed by atoms with E-state index in [1.807, 2.05) is 6.92 Å². The summed E-state index contributed by atoms with van der Waals surface area (Å²) >= 11 is 0. The molecule has 0 bridgehead atoms. The van der Waals surface area contributed by atoms with Crippen LogP contribution < -0.4 is 21.7 Å². The topological polar surface area (TPSA) is 136 Å². The van der Waals surface area contributed by atoms with Crippen molar-refractivity contribution in [3.8, 4) is 0 Å². The number of carbonyl (C=O) groups is 1. The van der Waals surface area contributed by atoms with Crippen molar-refractivity contribution in [3.05, 3.63) is 32.6 Å². The standard InChI is InChI=1S/C17H29N5O5S/c1-3-9-20-12-14(16(24)22(4-2)17(20)25)15(23)19-8-5-13-6-10-21(11-7-13)28(18,26)27/h12-13H,3-11H2,1-2H3,(H,19,23)(H2,18,26,27). The molecule has 0 saturated carbocycles. The second-order valence-electron chi connectivity index (χ2n) is 7.00. The predicted molar refractivity (Wildman–Crippen MR) is 105 cm³/mol. The van der Waals surface area contributed by atoms with Gasteiger partial charge in [-0.25, -0.2) is 9.93 Å². The van der Waals surface area contributed by atoms with Gasteiger partial charge in [0.25, 0.3) is 21.7 Å². The number of aromatic nitrogens is 2. The maximum absolute atomic E-state index is 12.5. The van der Waals surface area contributed by atoms with E-state index in [9.17, 15) is 22.8 Å². The number of carbonyl (C=O) groups excluding carboxylic acids is 1. The van der Waals surface area contributed by atoms with E-state index in [-0.39, 0.29) is 18.0 Å². The van der Waals surface area contributed by atoms with Crippen molar-refractivity contribution in [2.24, 2.45) is 11.1 Å². The van der Waals surface area contributed by atoms with Crippen LogP contribution in [0.25, 0.3) is 0 Å². The third-order valence-corrected chi connectivity index (χ3v) is 6.12. The normalized spacial score (nSPS) is 16.2. The van der Waals surface area contributed by atoms with Crippen LogP contribution in [0.1, 0.15) is 49.9 Å². The summed E-state index contributed by atoms with van der Waals surface area (Å²) in [5, 5.41) is 7.87. The first-order chi connectivity index (χ1) is 13.2. The average molecular weight is 416 g/mol. The molecule has 0 aliphatic carbocycles. The average Bonchev–Trinajstić information content (AvgIpc) is 2.64. The Morgan fingerprint density at radius 2 is 1.89 bits per heavy atom. The first-order valence-electron chi connectivity index (χ1n) is 9.59. The monoisotopic (exact) mass is 415 g/mol. The quantitative estimate of drug-likeness (QED) is 0.588. The molecular formula is C17H29N5O5S. The molecule has 2 heterocycles. The van der Waals surface area contributed by atoms with Gasteiger partial charge < -0.3 is 5.32 Å². The van der Waals surface area contributed by atoms with Crippen LogP contribution in [-0.2, 0) is 23.3 Å². The van der Waals surface area contributed by atoms with Gasteiger partial charge in [0.05, 0.1) is 0 Å². The van der Waals surface area contributed by atoms with Gasteiger partial charge in [-0.1, -0.05) is 6.92 Å². The van der Waals surface area contributed by atoms with E-state index < -0.39 is 27.4 Å². The second-order valence-corrected chi connectivity index (χ2v) is 8.55. The second kappa shape index (κ2) is 9.48. The highest BCUT2D eigenvalue weighted by atomic mass is 32.2. The Morgan fingerprint density at radius 3 is 2.43 bits per heavy atom. The number of nitrogens with two attached hydrogens (primary N) is 1. The van der Waals surface area contributed by atoms with Crippen LogP contribution >= 0.6 is 0 Å². The van der Waals surface area contributed by atoms with E-state index >= 15 is 0 Å². The third kappa shape index (κ3) is 5.30. The molecule has 0 unspecified atom stereocenters. The van der Waals surface area contributed by atoms with E-state index in [1.54, 1.807) is 6.92 Å². The van der Waals surface area contributed by atoms with Crippen molar-refractivity contribution in [2.45, 2.75) is 52.6 Å². The van der Waals surface area contributed by atoms with Crippen LogP contribution in [0.5, 0.6) is 0 Å². The lowest BCUT2D eigenvalue weighted by atomic mass is 9.95. The van der Waals surface area contributed by atoms with Gasteiger partial charge in [-0.15, -0.1) is 0 Å². The zero-order valence-corrected chi connectivity index (χ0v) is 17.2. The summed E-state index contributed by atoms with van der Waals surface area (Å²) < 4.78 is 26.4. The summed E-state index contributed by atoms with van der Waals surface area (Å²) in [6, 6.07) is 0. The molecular weight excluding hydrogens is 386 g/mol. The van der Waals surface area contributed by atoms with E-state index in [2.05, 4.69) is 5.32 Å². The molecule has 1 amide bonds. The third-order valence-electron chi connectivity index (χ3n) is 5.03. The molecule has 0 atom stereocenters. The maximum Gasteiger partial charge on any atom is 0.330 e. The molecule has 0 radical (unpaired) electrons. The Morgan fingerprint density at radius 1 is 1.25 bits per heavy atom. The van der Waals surface area contributed by atoms with Crippen molar-refractivity contribution in [3.63, 3.8) is 0 Å². The zero-order chi connectivity index (χ0) is 20.9. The van der Waals surface area contributed by atoms with Gasteiger partial charge in [0.15, 0.2) is 0 Å². The Labute approximate surface area is 164 Å². The van der Waals surface area contributed by atoms with Gasteiger partial charge in [0.2, 0.25) is 0 Å². The summed E-state index contributed by atoms with van der Waals surface area (Å²) in [5.41, 5.74) is -1.04. The van der Waals surface area contributed by atoms with Gasteiger partial charge in [0.1, 0.15) is 5.56 Å². The number of rotatable bonds is 8. The van der Waals surface area contributed by atoms with Gasteiger partial charge >= 0.3 is 5.69 Å². The highest BCUT2D eigenvalue weighted by molar-refractivity contribution is 7.86. The molecule has 1 aliphatic rings. The molecule has 2 rings (SSSR count). The van der Waals surface area contributed by atoms with E-state index in [4.69, 9.17) is 5.14 Å². The molecule has 10 nitrogen and oxygen atoms in total. The maximum atomic E-state index is 12.5. The largest absolute Gasteiger partial charge is 0.352 e. The highest BCUT2D eigenvalue weighted by Crippen LogP contribution is 2.20. The van der Waals surface area contributed by atoms with Crippen molar-refractivity contribution >= 4 is 16.1 Å². The van der Waals surface area contributed by atoms with Crippen LogP contribution in [0.4, 0.5) is 0 Å². The number of nitrogens with one attached hydrogen (secondary N) is 1. The van der Waals surface area contributed by atoms with Crippen LogP contribution in [0.3, 0.4) is 0 Å². The van der Waals surface area contributed by atoms with Crippen molar-refractivity contribution < 1.29 is 13.2 Å². The summed E-state index contributed by atoms with van der Waals surface area (Å²) in [7, 11) is -3.64. The fraction of sp³-hybridized carbons (Fsp3) is 0.706. The zero-order valence-electron chi connectivity index (χ0n) is 16.4. The molecule has 1 aromatic heterocycles. The Hall–Kier alpha value is -1.98. The van der Waals surface area contributed by atoms with Crippen LogP contribution in [0, 0.1) is 5.92 Å². The van der Waals surface area contributed by atoms with Crippen molar-refractivity contribution in [2.75, 3.05) is 19.6 Å². The smallest absolute Gasteiger partial charge is 0.330 e. The molecule has 28 heavy (non-hydrogen) atoms. The molecule has 0 aromatic carbocycles. The van der Waals surface area contributed by atoms with Crippen LogP contribution in [0.2, 0.25) is 0 Å². The molecule has 1 aromatic rings. The molecule has 158 valence electrons. The molecule has 0 spiro atoms. The molecule has 11 heteroatoms. The number of nitrogens with zero attached hydrogens (tertiary/aromatic N) is 3. The fourth-order valence-corrected chi connectivity index (χ4v) is 4.15.